The molecule has 146 valence electrons. The minimum Gasteiger partial charge on any atom is -0.326 e. The van der Waals surface area contributed by atoms with Gasteiger partial charge in [-0.15, -0.1) is 11.3 Å². The molecule has 0 atom stereocenters. The van der Waals surface area contributed by atoms with E-state index in [2.05, 4.69) is 39.3 Å². The molecule has 0 spiro atoms. The molecule has 3 rings (SSSR count). The quantitative estimate of drug-likeness (QED) is 0.577. The Hall–Kier alpha value is -2.71. The number of anilines is 2. The van der Waals surface area contributed by atoms with Crippen molar-refractivity contribution < 1.29 is 13.2 Å². The van der Waals surface area contributed by atoms with Crippen LogP contribution in [-0.4, -0.2) is 19.3 Å². The third kappa shape index (κ3) is 5.64. The molecule has 28 heavy (non-hydrogen) atoms. The van der Waals surface area contributed by atoms with E-state index in [1.807, 2.05) is 6.92 Å². The van der Waals surface area contributed by atoms with E-state index in [0.29, 0.717) is 17.2 Å². The van der Waals surface area contributed by atoms with E-state index in [0.717, 1.165) is 12.8 Å². The number of thiazole rings is 1. The highest BCUT2D eigenvalue weighted by atomic mass is 32.2. The van der Waals surface area contributed by atoms with Crippen molar-refractivity contribution >= 4 is 38.1 Å². The molecule has 1 aromatic heterocycles. The maximum atomic E-state index is 12.3. The maximum absolute atomic E-state index is 12.3. The summed E-state index contributed by atoms with van der Waals surface area (Å²) in [5.74, 6) is -0.0939. The molecule has 1 amide bonds. The summed E-state index contributed by atoms with van der Waals surface area (Å²) in [7, 11) is -3.69. The summed E-state index contributed by atoms with van der Waals surface area (Å²) in [6.45, 7) is 2.04. The van der Waals surface area contributed by atoms with Gasteiger partial charge in [0, 0.05) is 23.7 Å². The molecule has 0 bridgehead atoms. The fraction of sp³-hybridized carbons (Fsp3) is 0.200. The van der Waals surface area contributed by atoms with Gasteiger partial charge >= 0.3 is 0 Å². The lowest BCUT2D eigenvalue weighted by Gasteiger charge is -2.08. The minimum atomic E-state index is -3.69. The van der Waals surface area contributed by atoms with E-state index in [-0.39, 0.29) is 10.8 Å². The molecule has 0 aliphatic rings. The Morgan fingerprint density at radius 1 is 1.07 bits per heavy atom. The number of aryl methyl sites for hydroxylation is 2. The Labute approximate surface area is 168 Å². The second-order valence-corrected chi connectivity index (χ2v) is 8.93. The fourth-order valence-electron chi connectivity index (χ4n) is 2.60. The first kappa shape index (κ1) is 20.0. The normalized spacial score (nSPS) is 11.2. The van der Waals surface area contributed by atoms with Gasteiger partial charge in [-0.1, -0.05) is 29.8 Å². The summed E-state index contributed by atoms with van der Waals surface area (Å²) < 4.78 is 27.0. The van der Waals surface area contributed by atoms with Crippen molar-refractivity contribution in [2.75, 3.05) is 10.0 Å². The Morgan fingerprint density at radius 2 is 1.79 bits per heavy atom. The number of carbonyl (C=O) groups excluding carboxylic acids is 1. The molecule has 0 radical (unpaired) electrons. The van der Waals surface area contributed by atoms with Crippen molar-refractivity contribution in [3.63, 3.8) is 0 Å². The van der Waals surface area contributed by atoms with E-state index >= 15 is 0 Å². The van der Waals surface area contributed by atoms with Gasteiger partial charge in [0.05, 0.1) is 4.90 Å². The first-order valence-electron chi connectivity index (χ1n) is 8.80. The summed E-state index contributed by atoms with van der Waals surface area (Å²) in [6.07, 6.45) is 3.52. The van der Waals surface area contributed by atoms with Crippen LogP contribution >= 0.6 is 11.3 Å². The van der Waals surface area contributed by atoms with Crippen molar-refractivity contribution in [1.29, 1.82) is 0 Å². The van der Waals surface area contributed by atoms with Crippen LogP contribution < -0.4 is 10.0 Å². The zero-order valence-corrected chi connectivity index (χ0v) is 17.0. The number of hydrogen-bond acceptors (Lipinski definition) is 5. The van der Waals surface area contributed by atoms with Crippen LogP contribution in [0.4, 0.5) is 10.8 Å². The van der Waals surface area contributed by atoms with Crippen LogP contribution in [0.1, 0.15) is 24.0 Å². The zero-order chi connectivity index (χ0) is 20.0. The van der Waals surface area contributed by atoms with Crippen LogP contribution in [0.3, 0.4) is 0 Å². The van der Waals surface area contributed by atoms with Crippen LogP contribution in [0.2, 0.25) is 0 Å². The molecule has 2 N–H and O–H groups in total. The van der Waals surface area contributed by atoms with Crippen LogP contribution in [0.25, 0.3) is 0 Å². The largest absolute Gasteiger partial charge is 0.326 e. The molecular formula is C20H21N3O3S2. The van der Waals surface area contributed by atoms with Gasteiger partial charge in [-0.25, -0.2) is 13.4 Å². The summed E-state index contributed by atoms with van der Waals surface area (Å²) in [4.78, 5) is 16.1. The number of benzene rings is 2. The summed E-state index contributed by atoms with van der Waals surface area (Å²) >= 11 is 1.20. The van der Waals surface area contributed by atoms with E-state index in [4.69, 9.17) is 0 Å². The van der Waals surface area contributed by atoms with E-state index < -0.39 is 10.0 Å². The van der Waals surface area contributed by atoms with E-state index in [9.17, 15) is 13.2 Å². The Kier molecular flexibility index (Phi) is 6.43. The van der Waals surface area contributed by atoms with Gasteiger partial charge in [-0.05, 0) is 49.6 Å². The lowest BCUT2D eigenvalue weighted by molar-refractivity contribution is -0.116. The number of nitrogens with one attached hydrogen (secondary N) is 2. The van der Waals surface area contributed by atoms with Crippen LogP contribution in [-0.2, 0) is 21.2 Å². The van der Waals surface area contributed by atoms with Crippen molar-refractivity contribution in [1.82, 2.24) is 4.98 Å². The molecule has 3 aromatic rings. The number of rotatable bonds is 8. The molecule has 0 unspecified atom stereocenters. The number of amides is 1. The third-order valence-electron chi connectivity index (χ3n) is 4.09. The lowest BCUT2D eigenvalue weighted by atomic mass is 10.1. The van der Waals surface area contributed by atoms with E-state index in [1.165, 1.54) is 40.8 Å². The van der Waals surface area contributed by atoms with Gasteiger partial charge in [0.1, 0.15) is 0 Å². The Morgan fingerprint density at radius 3 is 2.43 bits per heavy atom. The second-order valence-electron chi connectivity index (χ2n) is 6.35. The highest BCUT2D eigenvalue weighted by molar-refractivity contribution is 7.93. The molecule has 0 aliphatic carbocycles. The summed E-state index contributed by atoms with van der Waals surface area (Å²) in [6, 6.07) is 14.3. The molecule has 6 nitrogen and oxygen atoms in total. The number of aromatic nitrogens is 1. The first-order valence-corrected chi connectivity index (χ1v) is 11.2. The van der Waals surface area contributed by atoms with Crippen molar-refractivity contribution in [3.05, 3.63) is 71.2 Å². The summed E-state index contributed by atoms with van der Waals surface area (Å²) in [5.41, 5.74) is 2.99. The van der Waals surface area contributed by atoms with Gasteiger partial charge in [-0.2, -0.15) is 0 Å². The highest BCUT2D eigenvalue weighted by Gasteiger charge is 2.15. The predicted octanol–water partition coefficient (Wildman–Crippen LogP) is 4.21. The highest BCUT2D eigenvalue weighted by Crippen LogP contribution is 2.19. The zero-order valence-electron chi connectivity index (χ0n) is 15.4. The topological polar surface area (TPSA) is 88.2 Å². The van der Waals surface area contributed by atoms with Gasteiger partial charge in [0.15, 0.2) is 5.13 Å². The third-order valence-corrected chi connectivity index (χ3v) is 6.26. The lowest BCUT2D eigenvalue weighted by Crippen LogP contribution is -2.14. The molecule has 0 aliphatic heterocycles. The number of nitrogens with zero attached hydrogens (tertiary/aromatic N) is 1. The number of hydrogen-bond donors (Lipinski definition) is 2. The average molecular weight is 416 g/mol. The monoisotopic (exact) mass is 415 g/mol. The average Bonchev–Trinajstić information content (AvgIpc) is 3.16. The van der Waals surface area contributed by atoms with Crippen molar-refractivity contribution in [2.24, 2.45) is 0 Å². The van der Waals surface area contributed by atoms with Crippen LogP contribution in [0, 0.1) is 6.92 Å². The predicted molar refractivity (Wildman–Crippen MR) is 112 cm³/mol. The van der Waals surface area contributed by atoms with Crippen molar-refractivity contribution in [2.45, 2.75) is 31.1 Å². The van der Waals surface area contributed by atoms with E-state index in [1.54, 1.807) is 17.5 Å². The minimum absolute atomic E-state index is 0.0939. The van der Waals surface area contributed by atoms with Crippen LogP contribution in [0.15, 0.2) is 65.0 Å². The maximum Gasteiger partial charge on any atom is 0.263 e. The van der Waals surface area contributed by atoms with Gasteiger partial charge < -0.3 is 5.32 Å². The Bertz CT molecular complexity index is 1010. The number of carbonyl (C=O) groups is 1. The molecule has 0 saturated heterocycles. The standard InChI is InChI=1S/C20H21N3O3S2/c1-15-5-7-16(8-6-15)3-2-4-19(24)22-17-9-11-18(12-10-17)28(25,26)23-20-21-13-14-27-20/h5-14H,2-4H2,1H3,(H,21,23)(H,22,24). The first-order chi connectivity index (χ1) is 13.4. The molecule has 2 aromatic carbocycles. The van der Waals surface area contributed by atoms with Gasteiger partial charge in [0.2, 0.25) is 5.91 Å². The smallest absolute Gasteiger partial charge is 0.263 e. The van der Waals surface area contributed by atoms with Gasteiger partial charge in [-0.3, -0.25) is 9.52 Å². The second kappa shape index (κ2) is 8.99. The SMILES string of the molecule is Cc1ccc(CCCC(=O)Nc2ccc(S(=O)(=O)Nc3nccs3)cc2)cc1. The molecule has 1 heterocycles. The molecular weight excluding hydrogens is 394 g/mol. The molecule has 0 fully saturated rings. The van der Waals surface area contributed by atoms with Gasteiger partial charge in [0.25, 0.3) is 10.0 Å². The fourth-order valence-corrected chi connectivity index (χ4v) is 4.39. The molecule has 8 heteroatoms. The Balaban J connectivity index is 1.50. The molecule has 0 saturated carbocycles. The van der Waals surface area contributed by atoms with Crippen LogP contribution in [0.5, 0.6) is 0 Å². The van der Waals surface area contributed by atoms with Crippen molar-refractivity contribution in [3.8, 4) is 0 Å². The summed E-state index contributed by atoms with van der Waals surface area (Å²) in [5, 5.41) is 4.80. The number of sulfonamides is 1.